The van der Waals surface area contributed by atoms with Crippen molar-refractivity contribution in [1.29, 1.82) is 0 Å². The molecule has 0 amide bonds. The smallest absolute Gasteiger partial charge is 0.306 e. The molecule has 57 heavy (non-hydrogen) atoms. The van der Waals surface area contributed by atoms with Crippen molar-refractivity contribution in [3.05, 3.63) is 97.2 Å². The SMILES string of the molecule is CC/C=C\C/C=C\C/C=C\C/C=C\CCCCC(=O)OC[C@H](COP(=O)([O-])OCC[N+](C)(C)C)OC(=O)CCC/C=C\C/C=C\C/C=C\C/C=C\CCC[C@H](C)O. The van der Waals surface area contributed by atoms with Gasteiger partial charge in [-0.3, -0.25) is 14.2 Å². The van der Waals surface area contributed by atoms with E-state index in [2.05, 4.69) is 92.0 Å². The van der Waals surface area contributed by atoms with Crippen LogP contribution in [0.3, 0.4) is 0 Å². The number of phosphoric acid groups is 1. The summed E-state index contributed by atoms with van der Waals surface area (Å²) in [7, 11) is 1.07. The quantitative estimate of drug-likeness (QED) is 0.0216. The van der Waals surface area contributed by atoms with Gasteiger partial charge < -0.3 is 33.0 Å². The van der Waals surface area contributed by atoms with Crippen LogP contribution in [0, 0.1) is 0 Å². The molecule has 1 unspecified atom stereocenters. The summed E-state index contributed by atoms with van der Waals surface area (Å²) in [5, 5.41) is 9.27. The third-order valence-corrected chi connectivity index (χ3v) is 9.07. The zero-order valence-corrected chi connectivity index (χ0v) is 36.7. The Kier molecular flexibility index (Phi) is 35.2. The molecule has 0 aromatic carbocycles. The summed E-state index contributed by atoms with van der Waals surface area (Å²) in [5.74, 6) is -0.979. The number of phosphoric ester groups is 1. The van der Waals surface area contributed by atoms with Gasteiger partial charge in [-0.05, 0) is 103 Å². The number of carbonyl (C=O) groups is 2. The second kappa shape index (κ2) is 37.2. The Hall–Kier alpha value is -3.11. The Morgan fingerprint density at radius 1 is 0.632 bits per heavy atom. The van der Waals surface area contributed by atoms with E-state index >= 15 is 0 Å². The predicted molar refractivity (Wildman–Crippen MR) is 232 cm³/mol. The van der Waals surface area contributed by atoms with Crippen LogP contribution in [-0.4, -0.2) is 81.2 Å². The molecule has 10 nitrogen and oxygen atoms in total. The van der Waals surface area contributed by atoms with Gasteiger partial charge in [0.1, 0.15) is 19.8 Å². The highest BCUT2D eigenvalue weighted by Gasteiger charge is 2.21. The van der Waals surface area contributed by atoms with Crippen molar-refractivity contribution in [3.63, 3.8) is 0 Å². The minimum absolute atomic E-state index is 0.0594. The molecule has 0 aliphatic rings. The van der Waals surface area contributed by atoms with Gasteiger partial charge >= 0.3 is 11.9 Å². The molecule has 0 heterocycles. The standard InChI is InChI=1S/C46H76NO9P/c1-6-7-8-9-10-11-12-13-15-19-22-25-28-31-34-37-45(49)53-41-44(42-55-57(51,52)54-40-39-47(3,4)5)56-46(50)38-35-32-29-26-23-20-17-14-16-18-21-24-27-30-33-36-43(2)48/h7-8,10-11,13,15-18,20,22,24-27,29,43-44,48H,6,9,12,14,19,21,23,28,30-42H2,1-5H3/b8-7-,11-10-,15-13-,18-16-,20-17-,25-22-,27-24-,29-26-/t43-,44+/m0/s1. The third-order valence-electron chi connectivity index (χ3n) is 8.11. The van der Waals surface area contributed by atoms with Gasteiger partial charge in [-0.1, -0.05) is 104 Å². The minimum atomic E-state index is -4.66. The number of hydrogen-bond acceptors (Lipinski definition) is 9. The van der Waals surface area contributed by atoms with Crippen LogP contribution in [0.25, 0.3) is 0 Å². The van der Waals surface area contributed by atoms with Crippen molar-refractivity contribution < 1.29 is 47.2 Å². The number of nitrogens with zero attached hydrogens (tertiary/aromatic N) is 1. The molecular weight excluding hydrogens is 741 g/mol. The number of likely N-dealkylation sites (N-methyl/N-ethyl adjacent to an activating group) is 1. The Morgan fingerprint density at radius 3 is 1.58 bits per heavy atom. The van der Waals surface area contributed by atoms with Crippen LogP contribution in [0.5, 0.6) is 0 Å². The van der Waals surface area contributed by atoms with Gasteiger partial charge in [0, 0.05) is 12.8 Å². The molecule has 0 rings (SSSR count). The number of esters is 2. The maximum Gasteiger partial charge on any atom is 0.306 e. The highest BCUT2D eigenvalue weighted by molar-refractivity contribution is 7.45. The second-order valence-electron chi connectivity index (χ2n) is 14.9. The van der Waals surface area contributed by atoms with Gasteiger partial charge in [0.25, 0.3) is 7.82 Å². The van der Waals surface area contributed by atoms with Gasteiger partial charge in [-0.15, -0.1) is 0 Å². The van der Waals surface area contributed by atoms with Gasteiger partial charge in [-0.25, -0.2) is 0 Å². The van der Waals surface area contributed by atoms with Crippen molar-refractivity contribution in [2.75, 3.05) is 47.5 Å². The molecule has 3 atom stereocenters. The Balaban J connectivity index is 4.58. The number of allylic oxidation sites excluding steroid dienone is 16. The number of aliphatic hydroxyl groups is 1. The average molecular weight is 818 g/mol. The summed E-state index contributed by atoms with van der Waals surface area (Å²) in [6.07, 6.45) is 45.8. The first-order chi connectivity index (χ1) is 27.3. The summed E-state index contributed by atoms with van der Waals surface area (Å²) >= 11 is 0. The summed E-state index contributed by atoms with van der Waals surface area (Å²) in [5.41, 5.74) is 0. The minimum Gasteiger partial charge on any atom is -0.756 e. The molecule has 0 radical (unpaired) electrons. The van der Waals surface area contributed by atoms with E-state index in [0.29, 0.717) is 30.3 Å². The molecule has 0 spiro atoms. The number of ether oxygens (including phenoxy) is 2. The van der Waals surface area contributed by atoms with Crippen LogP contribution in [0.2, 0.25) is 0 Å². The fourth-order valence-corrected chi connectivity index (χ4v) is 5.56. The van der Waals surface area contributed by atoms with Crippen molar-refractivity contribution in [3.8, 4) is 0 Å². The number of unbranched alkanes of at least 4 members (excludes halogenated alkanes) is 4. The fourth-order valence-electron chi connectivity index (χ4n) is 4.83. The third kappa shape index (κ3) is 42.3. The van der Waals surface area contributed by atoms with Crippen molar-refractivity contribution in [2.45, 2.75) is 135 Å². The van der Waals surface area contributed by atoms with Gasteiger partial charge in [0.2, 0.25) is 0 Å². The maximum absolute atomic E-state index is 12.6. The number of hydrogen-bond donors (Lipinski definition) is 1. The summed E-state index contributed by atoms with van der Waals surface area (Å²) in [4.78, 5) is 37.4. The van der Waals surface area contributed by atoms with E-state index in [9.17, 15) is 24.2 Å². The molecule has 0 aromatic heterocycles. The molecule has 0 fully saturated rings. The van der Waals surface area contributed by atoms with Crippen LogP contribution < -0.4 is 4.89 Å². The van der Waals surface area contributed by atoms with Crippen molar-refractivity contribution in [2.24, 2.45) is 0 Å². The second-order valence-corrected chi connectivity index (χ2v) is 16.3. The number of quaternary nitrogens is 1. The van der Waals surface area contributed by atoms with Gasteiger partial charge in [0.15, 0.2) is 6.10 Å². The molecular formula is C46H76NO9P. The Bertz CT molecular complexity index is 1300. The lowest BCUT2D eigenvalue weighted by Crippen LogP contribution is -2.37. The van der Waals surface area contributed by atoms with E-state index in [1.165, 1.54) is 0 Å². The van der Waals surface area contributed by atoms with Crippen LogP contribution >= 0.6 is 7.82 Å². The summed E-state index contributed by atoms with van der Waals surface area (Å²) < 4.78 is 33.7. The molecule has 0 bridgehead atoms. The first-order valence-corrected chi connectivity index (χ1v) is 22.4. The molecule has 0 aliphatic heterocycles. The molecule has 11 heteroatoms. The summed E-state index contributed by atoms with van der Waals surface area (Å²) in [6.45, 7) is 3.50. The molecule has 1 N–H and O–H groups in total. The van der Waals surface area contributed by atoms with E-state index < -0.39 is 32.5 Å². The van der Waals surface area contributed by atoms with Crippen molar-refractivity contribution >= 4 is 19.8 Å². The van der Waals surface area contributed by atoms with Gasteiger partial charge in [-0.2, -0.15) is 0 Å². The lowest BCUT2D eigenvalue weighted by Gasteiger charge is -2.28. The van der Waals surface area contributed by atoms with E-state index in [4.69, 9.17) is 18.5 Å². The van der Waals surface area contributed by atoms with E-state index in [1.54, 1.807) is 0 Å². The van der Waals surface area contributed by atoms with E-state index in [0.717, 1.165) is 77.0 Å². The average Bonchev–Trinajstić information content (AvgIpc) is 3.14. The first kappa shape index (κ1) is 53.9. The maximum atomic E-state index is 12.6. The lowest BCUT2D eigenvalue weighted by atomic mass is 10.1. The largest absolute Gasteiger partial charge is 0.756 e. The Morgan fingerprint density at radius 2 is 1.09 bits per heavy atom. The topological polar surface area (TPSA) is 131 Å². The van der Waals surface area contributed by atoms with E-state index in [-0.39, 0.29) is 32.2 Å². The first-order valence-electron chi connectivity index (χ1n) is 21.0. The highest BCUT2D eigenvalue weighted by Crippen LogP contribution is 2.38. The van der Waals surface area contributed by atoms with Gasteiger partial charge in [0.05, 0.1) is 33.9 Å². The number of aliphatic hydroxyl groups excluding tert-OH is 1. The zero-order chi connectivity index (χ0) is 42.3. The Labute approximate surface area is 346 Å². The molecule has 324 valence electrons. The molecule has 0 saturated heterocycles. The lowest BCUT2D eigenvalue weighted by molar-refractivity contribution is -0.870. The fraction of sp³-hybridized carbons (Fsp3) is 0.609. The molecule has 0 saturated carbocycles. The van der Waals surface area contributed by atoms with Crippen LogP contribution in [-0.2, 0) is 32.7 Å². The highest BCUT2D eigenvalue weighted by atomic mass is 31.2. The normalized spacial score (nSPS) is 15.1. The monoisotopic (exact) mass is 818 g/mol. The number of carbonyl (C=O) groups excluding carboxylic acids is 2. The molecule has 0 aliphatic carbocycles. The molecule has 0 aromatic rings. The van der Waals surface area contributed by atoms with E-state index in [1.807, 2.05) is 40.2 Å². The van der Waals surface area contributed by atoms with Crippen molar-refractivity contribution in [1.82, 2.24) is 0 Å². The van der Waals surface area contributed by atoms with Crippen LogP contribution in [0.15, 0.2) is 97.2 Å². The predicted octanol–water partition coefficient (Wildman–Crippen LogP) is 10.1. The van der Waals surface area contributed by atoms with Crippen LogP contribution in [0.4, 0.5) is 0 Å². The van der Waals surface area contributed by atoms with Crippen LogP contribution in [0.1, 0.15) is 123 Å². The number of rotatable bonds is 36. The zero-order valence-electron chi connectivity index (χ0n) is 35.8. The summed E-state index contributed by atoms with van der Waals surface area (Å²) in [6, 6.07) is 0.